The van der Waals surface area contributed by atoms with Crippen molar-refractivity contribution in [2.75, 3.05) is 10.2 Å². The van der Waals surface area contributed by atoms with Crippen LogP contribution in [0.1, 0.15) is 11.3 Å². The van der Waals surface area contributed by atoms with Crippen LogP contribution >= 0.6 is 0 Å². The molecule has 0 radical (unpaired) electrons. The Bertz CT molecular complexity index is 1190. The average Bonchev–Trinajstić information content (AvgIpc) is 3.31. The van der Waals surface area contributed by atoms with Gasteiger partial charge in [-0.2, -0.15) is 4.98 Å². The van der Waals surface area contributed by atoms with E-state index in [1.165, 1.54) is 0 Å². The molecule has 5 rings (SSSR count). The summed E-state index contributed by atoms with van der Waals surface area (Å²) in [4.78, 5) is 31.6. The van der Waals surface area contributed by atoms with E-state index >= 15 is 0 Å². The highest BCUT2D eigenvalue weighted by molar-refractivity contribution is 5.82. The van der Waals surface area contributed by atoms with Crippen LogP contribution in [0.25, 0.3) is 17.0 Å². The molecule has 8 heteroatoms. The summed E-state index contributed by atoms with van der Waals surface area (Å²) < 4.78 is 1.84. The van der Waals surface area contributed by atoms with Gasteiger partial charge in [-0.15, -0.1) is 0 Å². The summed E-state index contributed by atoms with van der Waals surface area (Å²) in [5.41, 5.74) is 4.49. The molecule has 3 aromatic heterocycles. The van der Waals surface area contributed by atoms with Gasteiger partial charge in [0.05, 0.1) is 22.9 Å². The minimum absolute atomic E-state index is 0.501. The number of aldehydes is 1. The molecule has 0 amide bonds. The molecule has 0 fully saturated rings. The Morgan fingerprint density at radius 3 is 2.89 bits per heavy atom. The van der Waals surface area contributed by atoms with E-state index in [1.807, 2.05) is 52.8 Å². The Kier molecular flexibility index (Phi) is 3.75. The molecule has 0 bridgehead atoms. The maximum absolute atomic E-state index is 11.7. The Labute approximate surface area is 160 Å². The highest BCUT2D eigenvalue weighted by atomic mass is 16.1. The Morgan fingerprint density at radius 1 is 1.14 bits per heavy atom. The molecular weight excluding hydrogens is 354 g/mol. The van der Waals surface area contributed by atoms with Gasteiger partial charge in [0.25, 0.3) is 0 Å². The average molecular weight is 371 g/mol. The van der Waals surface area contributed by atoms with Crippen LogP contribution < -0.4 is 10.2 Å². The van der Waals surface area contributed by atoms with Crippen LogP contribution in [0.15, 0.2) is 55.1 Å². The first-order valence-electron chi connectivity index (χ1n) is 8.93. The van der Waals surface area contributed by atoms with Crippen LogP contribution in [0.4, 0.5) is 11.5 Å². The van der Waals surface area contributed by atoms with E-state index in [-0.39, 0.29) is 0 Å². The van der Waals surface area contributed by atoms with Gasteiger partial charge in [-0.25, -0.2) is 9.97 Å². The van der Waals surface area contributed by atoms with Crippen molar-refractivity contribution >= 4 is 28.8 Å². The number of pyridine rings is 1. The first-order chi connectivity index (χ1) is 13.7. The van der Waals surface area contributed by atoms with E-state index in [9.17, 15) is 4.79 Å². The maximum Gasteiger partial charge on any atom is 0.237 e. The lowest BCUT2D eigenvalue weighted by molar-refractivity contribution is -0.108. The van der Waals surface area contributed by atoms with E-state index in [1.54, 1.807) is 18.7 Å². The van der Waals surface area contributed by atoms with Gasteiger partial charge >= 0.3 is 0 Å². The molecule has 1 unspecified atom stereocenters. The minimum atomic E-state index is -0.501. The SMILES string of the molecule is Cc1ncccc1CN1c2nc(-n3cnc4ccccc43)ncc2NC1C=O. The number of fused-ring (bicyclic) bond motifs is 2. The molecule has 0 saturated heterocycles. The number of nitrogens with one attached hydrogen (secondary N) is 1. The van der Waals surface area contributed by atoms with Gasteiger partial charge in [-0.05, 0) is 30.7 Å². The fourth-order valence-electron chi connectivity index (χ4n) is 3.44. The van der Waals surface area contributed by atoms with Gasteiger partial charge in [-0.1, -0.05) is 18.2 Å². The fraction of sp³-hybridized carbons (Fsp3) is 0.150. The third-order valence-corrected chi connectivity index (χ3v) is 4.92. The highest BCUT2D eigenvalue weighted by Gasteiger charge is 2.31. The summed E-state index contributed by atoms with van der Waals surface area (Å²) in [5.74, 6) is 1.19. The van der Waals surface area contributed by atoms with Crippen LogP contribution in [-0.2, 0) is 11.3 Å². The standard InChI is InChI=1S/C20H17N7O/c1-13-14(5-4-8-21-13)10-26-18(11-28)24-16-9-22-20(25-19(16)26)27-12-23-15-6-2-3-7-17(15)27/h2-9,11-12,18,24H,10H2,1H3. The minimum Gasteiger partial charge on any atom is -0.355 e. The number of anilines is 2. The third-order valence-electron chi connectivity index (χ3n) is 4.92. The molecule has 1 aromatic carbocycles. The zero-order valence-corrected chi connectivity index (χ0v) is 15.1. The molecule has 0 aliphatic carbocycles. The first kappa shape index (κ1) is 16.4. The van der Waals surface area contributed by atoms with Crippen molar-refractivity contribution < 1.29 is 4.79 Å². The van der Waals surface area contributed by atoms with Gasteiger partial charge in [0, 0.05) is 18.4 Å². The zero-order valence-electron chi connectivity index (χ0n) is 15.1. The molecule has 4 aromatic rings. The second-order valence-corrected chi connectivity index (χ2v) is 6.61. The number of rotatable bonds is 4. The lowest BCUT2D eigenvalue weighted by atomic mass is 10.2. The van der Waals surface area contributed by atoms with E-state index < -0.39 is 6.17 Å². The van der Waals surface area contributed by atoms with Crippen molar-refractivity contribution in [3.8, 4) is 5.95 Å². The van der Waals surface area contributed by atoms with Crippen LogP contribution in [-0.4, -0.2) is 37.0 Å². The molecule has 0 saturated carbocycles. The summed E-state index contributed by atoms with van der Waals surface area (Å²) >= 11 is 0. The Hall–Kier alpha value is -3.81. The topological polar surface area (TPSA) is 88.8 Å². The summed E-state index contributed by atoms with van der Waals surface area (Å²) in [5, 5.41) is 3.17. The zero-order chi connectivity index (χ0) is 19.1. The van der Waals surface area contributed by atoms with Crippen LogP contribution in [0, 0.1) is 6.92 Å². The molecule has 1 aliphatic rings. The monoisotopic (exact) mass is 371 g/mol. The molecule has 28 heavy (non-hydrogen) atoms. The number of carbonyl (C=O) groups is 1. The molecule has 8 nitrogen and oxygen atoms in total. The lowest BCUT2D eigenvalue weighted by Crippen LogP contribution is -2.37. The number of benzene rings is 1. The van der Waals surface area contributed by atoms with Gasteiger partial charge in [-0.3, -0.25) is 14.3 Å². The normalized spacial score (nSPS) is 15.5. The Morgan fingerprint density at radius 2 is 2.04 bits per heavy atom. The fourth-order valence-corrected chi connectivity index (χ4v) is 3.44. The quantitative estimate of drug-likeness (QED) is 0.551. The number of carbonyl (C=O) groups excluding carboxylic acids is 1. The van der Waals surface area contributed by atoms with E-state index in [2.05, 4.69) is 20.3 Å². The lowest BCUT2D eigenvalue weighted by Gasteiger charge is -2.22. The predicted molar refractivity (Wildman–Crippen MR) is 105 cm³/mol. The maximum atomic E-state index is 11.7. The first-order valence-corrected chi connectivity index (χ1v) is 8.93. The molecule has 1 atom stereocenters. The number of hydrogen-bond donors (Lipinski definition) is 1. The number of hydrogen-bond acceptors (Lipinski definition) is 7. The summed E-state index contributed by atoms with van der Waals surface area (Å²) in [6.07, 6.45) is 5.55. The van der Waals surface area contributed by atoms with Crippen molar-refractivity contribution in [3.05, 3.63) is 66.4 Å². The van der Waals surface area contributed by atoms with Crippen LogP contribution in [0.5, 0.6) is 0 Å². The van der Waals surface area contributed by atoms with Gasteiger partial charge in [0.1, 0.15) is 6.33 Å². The number of para-hydroxylation sites is 2. The van der Waals surface area contributed by atoms with E-state index in [0.29, 0.717) is 18.3 Å². The molecular formula is C20H17N7O. The number of aryl methyl sites for hydroxylation is 1. The molecule has 0 spiro atoms. The summed E-state index contributed by atoms with van der Waals surface area (Å²) in [6, 6.07) is 11.7. The van der Waals surface area contributed by atoms with Crippen molar-refractivity contribution in [1.82, 2.24) is 24.5 Å². The van der Waals surface area contributed by atoms with E-state index in [4.69, 9.17) is 4.98 Å². The number of aromatic nitrogens is 5. The molecule has 1 aliphatic heterocycles. The van der Waals surface area contributed by atoms with Crippen molar-refractivity contribution in [2.45, 2.75) is 19.6 Å². The molecule has 4 heterocycles. The predicted octanol–water partition coefficient (Wildman–Crippen LogP) is 2.48. The molecule has 1 N–H and O–H groups in total. The van der Waals surface area contributed by atoms with Crippen molar-refractivity contribution in [2.24, 2.45) is 0 Å². The number of nitrogens with zero attached hydrogens (tertiary/aromatic N) is 6. The molecule has 138 valence electrons. The van der Waals surface area contributed by atoms with Gasteiger partial charge in [0.2, 0.25) is 5.95 Å². The van der Waals surface area contributed by atoms with Gasteiger partial charge in [0.15, 0.2) is 18.3 Å². The third kappa shape index (κ3) is 2.58. The highest BCUT2D eigenvalue weighted by Crippen LogP contribution is 2.33. The Balaban J connectivity index is 1.58. The second-order valence-electron chi connectivity index (χ2n) is 6.61. The summed E-state index contributed by atoms with van der Waals surface area (Å²) in [7, 11) is 0. The van der Waals surface area contributed by atoms with Crippen molar-refractivity contribution in [1.29, 1.82) is 0 Å². The van der Waals surface area contributed by atoms with Crippen LogP contribution in [0.2, 0.25) is 0 Å². The van der Waals surface area contributed by atoms with Crippen molar-refractivity contribution in [3.63, 3.8) is 0 Å². The van der Waals surface area contributed by atoms with Gasteiger partial charge < -0.3 is 10.2 Å². The largest absolute Gasteiger partial charge is 0.355 e. The van der Waals surface area contributed by atoms with Crippen LogP contribution in [0.3, 0.4) is 0 Å². The summed E-state index contributed by atoms with van der Waals surface area (Å²) in [6.45, 7) is 2.48. The second kappa shape index (κ2) is 6.41. The number of imidazole rings is 1. The smallest absolute Gasteiger partial charge is 0.237 e. The van der Waals surface area contributed by atoms with E-state index in [0.717, 1.165) is 34.3 Å².